The van der Waals surface area contributed by atoms with Gasteiger partial charge >= 0.3 is 0 Å². The van der Waals surface area contributed by atoms with E-state index >= 15 is 0 Å². The lowest BCUT2D eigenvalue weighted by molar-refractivity contribution is 0.620. The number of nitrogens with zero attached hydrogens (tertiary/aromatic N) is 2. The zero-order valence-corrected chi connectivity index (χ0v) is 15.2. The molecule has 1 N–H and O–H groups in total. The number of anilines is 2. The van der Waals surface area contributed by atoms with Crippen molar-refractivity contribution in [3.05, 3.63) is 71.7 Å². The van der Waals surface area contributed by atoms with Crippen LogP contribution in [0.1, 0.15) is 0 Å². The first-order valence-corrected chi connectivity index (χ1v) is 9.83. The molecule has 0 fully saturated rings. The fourth-order valence-electron chi connectivity index (χ4n) is 2.92. The van der Waals surface area contributed by atoms with E-state index in [-0.39, 0.29) is 0 Å². The van der Waals surface area contributed by atoms with Gasteiger partial charge in [-0.25, -0.2) is 9.97 Å². The Morgan fingerprint density at radius 3 is 2.31 bits per heavy atom. The lowest BCUT2D eigenvalue weighted by Crippen LogP contribution is -1.95. The van der Waals surface area contributed by atoms with Crippen LogP contribution in [0, 0.1) is 0 Å². The third-order valence-corrected chi connectivity index (χ3v) is 5.79. The van der Waals surface area contributed by atoms with Crippen molar-refractivity contribution in [2.45, 2.75) is 0 Å². The van der Waals surface area contributed by atoms with Crippen LogP contribution >= 0.6 is 22.7 Å². The van der Waals surface area contributed by atoms with Crippen molar-refractivity contribution in [3.8, 4) is 21.1 Å². The van der Waals surface area contributed by atoms with Gasteiger partial charge in [-0.05, 0) is 35.0 Å². The average molecular weight is 375 g/mol. The zero-order chi connectivity index (χ0) is 17.3. The molecule has 0 radical (unpaired) electrons. The van der Waals surface area contributed by atoms with Crippen LogP contribution in [0.15, 0.2) is 76.1 Å². The molecular formula is C20H13N3OS2. The predicted octanol–water partition coefficient (Wildman–Crippen LogP) is 6.42. The van der Waals surface area contributed by atoms with Crippen LogP contribution in [-0.4, -0.2) is 9.97 Å². The number of hydrogen-bond acceptors (Lipinski definition) is 6. The molecule has 0 aliphatic carbocycles. The fraction of sp³-hybridized carbons (Fsp3) is 0. The van der Waals surface area contributed by atoms with Crippen LogP contribution in [0.3, 0.4) is 0 Å². The highest BCUT2D eigenvalue weighted by Gasteiger charge is 2.23. The summed E-state index contributed by atoms with van der Waals surface area (Å²) in [6.45, 7) is 0. The number of benzene rings is 1. The first-order valence-electron chi connectivity index (χ1n) is 8.07. The normalized spacial score (nSPS) is 11.1. The molecular weight excluding hydrogens is 362 g/mol. The minimum atomic E-state index is 0.588. The maximum Gasteiger partial charge on any atom is 0.232 e. The van der Waals surface area contributed by atoms with Crippen molar-refractivity contribution in [1.29, 1.82) is 0 Å². The quantitative estimate of drug-likeness (QED) is 0.393. The van der Waals surface area contributed by atoms with Crippen molar-refractivity contribution >= 4 is 45.3 Å². The molecule has 0 bridgehead atoms. The third-order valence-electron chi connectivity index (χ3n) is 4.04. The number of rotatable bonds is 4. The molecule has 4 aromatic heterocycles. The Labute approximate surface area is 157 Å². The third kappa shape index (κ3) is 2.60. The summed E-state index contributed by atoms with van der Waals surface area (Å²) in [4.78, 5) is 11.1. The Morgan fingerprint density at radius 2 is 1.58 bits per heavy atom. The van der Waals surface area contributed by atoms with Crippen molar-refractivity contribution in [1.82, 2.24) is 9.97 Å². The highest BCUT2D eigenvalue weighted by atomic mass is 32.1. The second-order valence-electron chi connectivity index (χ2n) is 5.65. The highest BCUT2D eigenvalue weighted by molar-refractivity contribution is 7.14. The minimum absolute atomic E-state index is 0.588. The molecule has 5 rings (SSSR count). The van der Waals surface area contributed by atoms with Gasteiger partial charge in [-0.1, -0.05) is 30.3 Å². The predicted molar refractivity (Wildman–Crippen MR) is 108 cm³/mol. The molecule has 0 aliphatic rings. The topological polar surface area (TPSA) is 51.0 Å². The summed E-state index contributed by atoms with van der Waals surface area (Å²) >= 11 is 3.34. The Hall–Kier alpha value is -2.96. The molecule has 5 aromatic rings. The molecule has 26 heavy (non-hydrogen) atoms. The second-order valence-corrected chi connectivity index (χ2v) is 7.55. The Kier molecular flexibility index (Phi) is 3.77. The zero-order valence-electron chi connectivity index (χ0n) is 13.5. The van der Waals surface area contributed by atoms with E-state index in [0.717, 1.165) is 38.0 Å². The number of furan rings is 1. The summed E-state index contributed by atoms with van der Waals surface area (Å²) in [6, 6.07) is 18.2. The summed E-state index contributed by atoms with van der Waals surface area (Å²) in [5.74, 6) is 1.59. The Morgan fingerprint density at radius 1 is 0.808 bits per heavy atom. The monoisotopic (exact) mass is 375 g/mol. The van der Waals surface area contributed by atoms with Gasteiger partial charge in [-0.15, -0.1) is 22.7 Å². The number of thiophene rings is 2. The molecule has 126 valence electrons. The largest absolute Gasteiger partial charge is 0.436 e. The summed E-state index contributed by atoms with van der Waals surface area (Å²) < 4.78 is 6.17. The van der Waals surface area contributed by atoms with E-state index < -0.39 is 0 Å². The summed E-state index contributed by atoms with van der Waals surface area (Å²) in [5.41, 5.74) is 2.60. The van der Waals surface area contributed by atoms with Gasteiger partial charge < -0.3 is 9.73 Å². The lowest BCUT2D eigenvalue weighted by atomic mass is 10.1. The van der Waals surface area contributed by atoms with E-state index in [2.05, 4.69) is 38.2 Å². The van der Waals surface area contributed by atoms with Gasteiger partial charge in [-0.3, -0.25) is 0 Å². The molecule has 1 aromatic carbocycles. The first kappa shape index (κ1) is 15.3. The molecule has 0 unspecified atom stereocenters. The molecule has 0 saturated carbocycles. The van der Waals surface area contributed by atoms with Gasteiger partial charge in [0.15, 0.2) is 5.76 Å². The second kappa shape index (κ2) is 6.40. The van der Waals surface area contributed by atoms with E-state index in [1.54, 1.807) is 22.7 Å². The van der Waals surface area contributed by atoms with E-state index in [9.17, 15) is 0 Å². The van der Waals surface area contributed by atoms with E-state index in [1.807, 2.05) is 42.5 Å². The van der Waals surface area contributed by atoms with Crippen molar-refractivity contribution in [3.63, 3.8) is 0 Å². The van der Waals surface area contributed by atoms with Crippen LogP contribution in [0.2, 0.25) is 0 Å². The van der Waals surface area contributed by atoms with Gasteiger partial charge in [0.2, 0.25) is 5.71 Å². The first-order chi connectivity index (χ1) is 12.9. The van der Waals surface area contributed by atoms with Crippen LogP contribution in [0.25, 0.3) is 32.2 Å². The average Bonchev–Trinajstić information content (AvgIpc) is 3.42. The number of aromatic nitrogens is 2. The maximum absolute atomic E-state index is 6.17. The standard InChI is InChI=1S/C20H13N3OS2/c1-2-6-13(7-3-1)23-19-17-16(14-8-4-10-25-14)18(15-9-5-11-26-15)24-20(17)22-12-21-19/h1-12H,(H,21,22,23). The van der Waals surface area contributed by atoms with Crippen molar-refractivity contribution in [2.75, 3.05) is 5.32 Å². The van der Waals surface area contributed by atoms with E-state index in [0.29, 0.717) is 5.71 Å². The Bertz CT molecular complexity index is 1150. The van der Waals surface area contributed by atoms with E-state index in [4.69, 9.17) is 4.42 Å². The number of fused-ring (bicyclic) bond motifs is 1. The number of hydrogen-bond donors (Lipinski definition) is 1. The number of nitrogens with one attached hydrogen (secondary N) is 1. The number of para-hydroxylation sites is 1. The molecule has 4 nitrogen and oxygen atoms in total. The SMILES string of the molecule is c1ccc(Nc2ncnc3oc(-c4cccs4)c(-c4cccs4)c23)cc1. The van der Waals surface area contributed by atoms with Gasteiger partial charge in [0.05, 0.1) is 15.8 Å². The van der Waals surface area contributed by atoms with Crippen LogP contribution in [0.5, 0.6) is 0 Å². The van der Waals surface area contributed by atoms with Crippen LogP contribution < -0.4 is 5.32 Å². The van der Waals surface area contributed by atoms with Crippen molar-refractivity contribution in [2.24, 2.45) is 0 Å². The van der Waals surface area contributed by atoms with E-state index in [1.165, 1.54) is 6.33 Å². The molecule has 0 atom stereocenters. The van der Waals surface area contributed by atoms with Gasteiger partial charge in [0.25, 0.3) is 0 Å². The summed E-state index contributed by atoms with van der Waals surface area (Å²) in [7, 11) is 0. The molecule has 0 spiro atoms. The maximum atomic E-state index is 6.17. The molecule has 0 amide bonds. The molecule has 6 heteroatoms. The Balaban J connectivity index is 1.77. The molecule has 0 aliphatic heterocycles. The van der Waals surface area contributed by atoms with Crippen LogP contribution in [-0.2, 0) is 0 Å². The van der Waals surface area contributed by atoms with Gasteiger partial charge in [-0.2, -0.15) is 0 Å². The highest BCUT2D eigenvalue weighted by Crippen LogP contribution is 2.45. The van der Waals surface area contributed by atoms with Crippen molar-refractivity contribution < 1.29 is 4.42 Å². The molecule has 4 heterocycles. The van der Waals surface area contributed by atoms with Gasteiger partial charge in [0.1, 0.15) is 12.1 Å². The van der Waals surface area contributed by atoms with Crippen LogP contribution in [0.4, 0.5) is 11.5 Å². The minimum Gasteiger partial charge on any atom is -0.436 e. The lowest BCUT2D eigenvalue weighted by Gasteiger charge is -2.07. The summed E-state index contributed by atoms with van der Waals surface area (Å²) in [5, 5.41) is 8.43. The fourth-order valence-corrected chi connectivity index (χ4v) is 4.41. The smallest absolute Gasteiger partial charge is 0.232 e. The molecule has 0 saturated heterocycles. The summed E-state index contributed by atoms with van der Waals surface area (Å²) in [6.07, 6.45) is 1.54. The van der Waals surface area contributed by atoms with Gasteiger partial charge in [0, 0.05) is 10.6 Å².